The van der Waals surface area contributed by atoms with E-state index in [4.69, 9.17) is 11.6 Å². The zero-order valence-electron chi connectivity index (χ0n) is 8.51. The molecule has 0 nitrogen and oxygen atoms in total. The molecule has 0 aliphatic rings. The molecule has 84 valence electrons. The van der Waals surface area contributed by atoms with Gasteiger partial charge in [0.1, 0.15) is 5.82 Å². The van der Waals surface area contributed by atoms with Crippen molar-refractivity contribution in [1.29, 1.82) is 0 Å². The molecular weight excluding hydrogens is 358 g/mol. The molecule has 0 saturated carbocycles. The van der Waals surface area contributed by atoms with Crippen LogP contribution in [0.1, 0.15) is 22.1 Å². The Kier molecular flexibility index (Phi) is 3.87. The van der Waals surface area contributed by atoms with Gasteiger partial charge in [0.05, 0.1) is 8.26 Å². The molecule has 16 heavy (non-hydrogen) atoms. The van der Waals surface area contributed by atoms with E-state index in [0.29, 0.717) is 5.56 Å². The number of hydrogen-bond donors (Lipinski definition) is 0. The minimum absolute atomic E-state index is 0.187. The van der Waals surface area contributed by atoms with Crippen molar-refractivity contribution in [3.8, 4) is 0 Å². The summed E-state index contributed by atoms with van der Waals surface area (Å²) in [6.45, 7) is 1.75. The third-order valence-electron chi connectivity index (χ3n) is 2.36. The molecule has 2 rings (SSSR count). The number of aryl methyl sites for hydroxylation is 1. The quantitative estimate of drug-likeness (QED) is 0.511. The van der Waals surface area contributed by atoms with E-state index in [0.717, 1.165) is 11.1 Å². The highest BCUT2D eigenvalue weighted by Gasteiger charge is 2.13. The Morgan fingerprint density at radius 1 is 1.31 bits per heavy atom. The number of rotatable bonds is 2. The van der Waals surface area contributed by atoms with Gasteiger partial charge >= 0.3 is 0 Å². The second-order valence-corrected chi connectivity index (χ2v) is 6.80. The van der Waals surface area contributed by atoms with Crippen LogP contribution >= 0.6 is 45.5 Å². The normalized spacial score (nSPS) is 12.8. The van der Waals surface area contributed by atoms with Crippen molar-refractivity contribution in [2.24, 2.45) is 0 Å². The lowest BCUT2D eigenvalue weighted by Crippen LogP contribution is -1.93. The molecule has 4 heteroatoms. The molecule has 0 N–H and O–H groups in total. The highest BCUT2D eigenvalue weighted by atomic mass is 127. The smallest absolute Gasteiger partial charge is 0.126 e. The summed E-state index contributed by atoms with van der Waals surface area (Å²) >= 11 is 10.3. The molecule has 0 spiro atoms. The predicted octanol–water partition coefficient (Wildman–Crippen LogP) is 5.13. The zero-order valence-corrected chi connectivity index (χ0v) is 12.2. The van der Waals surface area contributed by atoms with Crippen molar-refractivity contribution in [3.05, 3.63) is 55.0 Å². The first kappa shape index (κ1) is 12.3. The maximum atomic E-state index is 13.1. The summed E-state index contributed by atoms with van der Waals surface area (Å²) in [6.07, 6.45) is 0. The lowest BCUT2D eigenvalue weighted by Gasteiger charge is -2.09. The van der Waals surface area contributed by atoms with Gasteiger partial charge < -0.3 is 0 Å². The van der Waals surface area contributed by atoms with Gasteiger partial charge in [0.2, 0.25) is 0 Å². The fourth-order valence-electron chi connectivity index (χ4n) is 1.47. The summed E-state index contributed by atoms with van der Waals surface area (Å²) in [5.74, 6) is -0.187. The molecule has 0 bridgehead atoms. The number of benzene rings is 1. The van der Waals surface area contributed by atoms with E-state index in [9.17, 15) is 4.39 Å². The molecule has 0 saturated heterocycles. The van der Waals surface area contributed by atoms with Crippen LogP contribution in [0.3, 0.4) is 0 Å². The first-order valence-electron chi connectivity index (χ1n) is 4.72. The first-order valence-corrected chi connectivity index (χ1v) is 7.11. The minimum Gasteiger partial charge on any atom is -0.207 e. The van der Waals surface area contributed by atoms with E-state index in [-0.39, 0.29) is 11.2 Å². The third kappa shape index (κ3) is 2.57. The van der Waals surface area contributed by atoms with Crippen LogP contribution in [0.5, 0.6) is 0 Å². The highest BCUT2D eigenvalue weighted by Crippen LogP contribution is 2.32. The molecule has 1 aromatic carbocycles. The van der Waals surface area contributed by atoms with E-state index >= 15 is 0 Å². The molecule has 1 unspecified atom stereocenters. The maximum Gasteiger partial charge on any atom is 0.126 e. The topological polar surface area (TPSA) is 0 Å². The van der Waals surface area contributed by atoms with E-state index in [2.05, 4.69) is 28.7 Å². The largest absolute Gasteiger partial charge is 0.207 e. The van der Waals surface area contributed by atoms with Crippen LogP contribution in [0.25, 0.3) is 0 Å². The summed E-state index contributed by atoms with van der Waals surface area (Å²) in [5, 5.41) is 1.84. The Labute approximate surface area is 117 Å². The summed E-state index contributed by atoms with van der Waals surface area (Å²) in [5.41, 5.74) is 2.64. The monoisotopic (exact) mass is 366 g/mol. The van der Waals surface area contributed by atoms with Crippen molar-refractivity contribution in [2.45, 2.75) is 12.3 Å². The third-order valence-corrected chi connectivity index (χ3v) is 4.67. The summed E-state index contributed by atoms with van der Waals surface area (Å²) < 4.78 is 14.3. The molecule has 1 atom stereocenters. The number of alkyl halides is 1. The van der Waals surface area contributed by atoms with Crippen molar-refractivity contribution in [3.63, 3.8) is 0 Å². The lowest BCUT2D eigenvalue weighted by molar-refractivity contribution is 0.617. The van der Waals surface area contributed by atoms with Crippen LogP contribution in [0.15, 0.2) is 29.6 Å². The van der Waals surface area contributed by atoms with Gasteiger partial charge in [-0.25, -0.2) is 4.39 Å². The van der Waals surface area contributed by atoms with Gasteiger partial charge in [-0.2, -0.15) is 0 Å². The van der Waals surface area contributed by atoms with Gasteiger partial charge in [0.15, 0.2) is 0 Å². The van der Waals surface area contributed by atoms with Crippen molar-refractivity contribution in [2.75, 3.05) is 0 Å². The number of hydrogen-bond acceptors (Lipinski definition) is 1. The van der Waals surface area contributed by atoms with Gasteiger partial charge in [0, 0.05) is 0 Å². The molecule has 1 heterocycles. The predicted molar refractivity (Wildman–Crippen MR) is 75.9 cm³/mol. The molecule has 0 radical (unpaired) electrons. The van der Waals surface area contributed by atoms with Gasteiger partial charge in [0.25, 0.3) is 0 Å². The summed E-state index contributed by atoms with van der Waals surface area (Å²) in [7, 11) is 0. The SMILES string of the molecule is Cc1cc(C(Cl)c2csc(I)c2)ccc1F. The van der Waals surface area contributed by atoms with Crippen molar-refractivity contribution < 1.29 is 4.39 Å². The Bertz CT molecular complexity index is 509. The maximum absolute atomic E-state index is 13.1. The lowest BCUT2D eigenvalue weighted by atomic mass is 10.0. The average molecular weight is 367 g/mol. The second-order valence-electron chi connectivity index (χ2n) is 3.56. The molecule has 2 aromatic rings. The van der Waals surface area contributed by atoms with E-state index < -0.39 is 0 Å². The van der Waals surface area contributed by atoms with Crippen LogP contribution < -0.4 is 0 Å². The van der Waals surface area contributed by atoms with Gasteiger partial charge in [-0.05, 0) is 63.7 Å². The van der Waals surface area contributed by atoms with Gasteiger partial charge in [-0.15, -0.1) is 22.9 Å². The van der Waals surface area contributed by atoms with Gasteiger partial charge in [-0.1, -0.05) is 12.1 Å². The van der Waals surface area contributed by atoms with Crippen molar-refractivity contribution >= 4 is 45.5 Å². The minimum atomic E-state index is -0.195. The standard InChI is InChI=1S/C12H9ClFIS/c1-7-4-8(2-3-10(7)14)12(13)9-5-11(15)16-6-9/h2-6,12H,1H3. The van der Waals surface area contributed by atoms with Gasteiger partial charge in [-0.3, -0.25) is 0 Å². The molecule has 0 amide bonds. The van der Waals surface area contributed by atoms with E-state index in [1.807, 2.05) is 5.38 Å². The van der Waals surface area contributed by atoms with Crippen LogP contribution in [0, 0.1) is 15.6 Å². The van der Waals surface area contributed by atoms with Crippen molar-refractivity contribution in [1.82, 2.24) is 0 Å². The van der Waals surface area contributed by atoms with Crippen LogP contribution in [0.4, 0.5) is 4.39 Å². The highest BCUT2D eigenvalue weighted by molar-refractivity contribution is 14.1. The van der Waals surface area contributed by atoms with E-state index in [1.54, 1.807) is 30.4 Å². The van der Waals surface area contributed by atoms with Crippen LogP contribution in [-0.4, -0.2) is 0 Å². The molecule has 0 aliphatic carbocycles. The van der Waals surface area contributed by atoms with E-state index in [1.165, 1.54) is 8.95 Å². The zero-order chi connectivity index (χ0) is 11.7. The molecular formula is C12H9ClFIS. The van der Waals surface area contributed by atoms with Crippen LogP contribution in [-0.2, 0) is 0 Å². The molecule has 1 aromatic heterocycles. The fourth-order valence-corrected chi connectivity index (χ4v) is 3.21. The first-order chi connectivity index (χ1) is 7.58. The summed E-state index contributed by atoms with van der Waals surface area (Å²) in [6, 6.07) is 7.07. The average Bonchev–Trinajstić information content (AvgIpc) is 2.68. The Balaban J connectivity index is 2.33. The number of thiophene rings is 1. The second kappa shape index (κ2) is 5.02. The Morgan fingerprint density at radius 2 is 2.06 bits per heavy atom. The Morgan fingerprint density at radius 3 is 2.62 bits per heavy atom. The Hall–Kier alpha value is -0.130. The molecule has 0 aliphatic heterocycles. The number of halogens is 3. The van der Waals surface area contributed by atoms with Crippen LogP contribution in [0.2, 0.25) is 0 Å². The summed E-state index contributed by atoms with van der Waals surface area (Å²) in [4.78, 5) is 0. The molecule has 0 fully saturated rings. The fraction of sp³-hybridized carbons (Fsp3) is 0.167.